The van der Waals surface area contributed by atoms with Crippen LogP contribution in [0.15, 0.2) is 12.2 Å². The van der Waals surface area contributed by atoms with Gasteiger partial charge < -0.3 is 5.11 Å². The third-order valence-electron chi connectivity index (χ3n) is 3.99. The van der Waals surface area contributed by atoms with E-state index >= 15 is 0 Å². The van der Waals surface area contributed by atoms with Crippen molar-refractivity contribution in [2.24, 2.45) is 11.8 Å². The van der Waals surface area contributed by atoms with Crippen LogP contribution in [0.25, 0.3) is 0 Å². The summed E-state index contributed by atoms with van der Waals surface area (Å²) < 4.78 is 0. The van der Waals surface area contributed by atoms with Crippen LogP contribution in [0.4, 0.5) is 0 Å². The van der Waals surface area contributed by atoms with Gasteiger partial charge in [0.1, 0.15) is 5.78 Å². The van der Waals surface area contributed by atoms with Crippen LogP contribution in [0, 0.1) is 11.8 Å². The van der Waals surface area contributed by atoms with E-state index in [0.29, 0.717) is 18.1 Å². The predicted octanol–water partition coefficient (Wildman–Crippen LogP) is 3.97. The average Bonchev–Trinajstić information content (AvgIpc) is 2.72. The van der Waals surface area contributed by atoms with Gasteiger partial charge in [0.2, 0.25) is 0 Å². The monoisotopic (exact) mass is 266 g/mol. The van der Waals surface area contributed by atoms with Crippen molar-refractivity contribution in [1.29, 1.82) is 0 Å². The van der Waals surface area contributed by atoms with Crippen molar-refractivity contribution < 1.29 is 14.7 Å². The predicted molar refractivity (Wildman–Crippen MR) is 76.0 cm³/mol. The molecule has 1 saturated carbocycles. The molecule has 0 spiro atoms. The van der Waals surface area contributed by atoms with Gasteiger partial charge in [0.15, 0.2) is 0 Å². The Balaban J connectivity index is 2.26. The lowest BCUT2D eigenvalue weighted by molar-refractivity contribution is -0.137. The second-order valence-electron chi connectivity index (χ2n) is 5.51. The largest absolute Gasteiger partial charge is 0.481 e. The first-order valence-electron chi connectivity index (χ1n) is 7.54. The molecule has 0 saturated heterocycles. The fourth-order valence-corrected chi connectivity index (χ4v) is 2.84. The molecule has 0 heterocycles. The Kier molecular flexibility index (Phi) is 7.46. The molecule has 2 atom stereocenters. The highest BCUT2D eigenvalue weighted by Crippen LogP contribution is 2.35. The van der Waals surface area contributed by atoms with Crippen LogP contribution in [0.2, 0.25) is 0 Å². The number of carboxylic acids is 1. The number of hydrogen-bond acceptors (Lipinski definition) is 2. The molecule has 3 heteroatoms. The third kappa shape index (κ3) is 6.04. The molecule has 1 aliphatic carbocycles. The lowest BCUT2D eigenvalue weighted by Crippen LogP contribution is -2.13. The zero-order valence-corrected chi connectivity index (χ0v) is 11.9. The summed E-state index contributed by atoms with van der Waals surface area (Å²) in [5.41, 5.74) is 0. The van der Waals surface area contributed by atoms with Gasteiger partial charge in [-0.1, -0.05) is 31.9 Å². The second kappa shape index (κ2) is 8.89. The Morgan fingerprint density at radius 3 is 2.84 bits per heavy atom. The Hall–Kier alpha value is -1.12. The minimum Gasteiger partial charge on any atom is -0.481 e. The number of ketones is 1. The van der Waals surface area contributed by atoms with Crippen LogP contribution >= 0.6 is 0 Å². The van der Waals surface area contributed by atoms with E-state index in [1.54, 1.807) is 0 Å². The highest BCUT2D eigenvalue weighted by molar-refractivity contribution is 5.83. The van der Waals surface area contributed by atoms with Crippen molar-refractivity contribution in [2.45, 2.75) is 64.7 Å². The van der Waals surface area contributed by atoms with Gasteiger partial charge in [0.05, 0.1) is 0 Å². The maximum Gasteiger partial charge on any atom is 0.303 e. The molecule has 0 aliphatic heterocycles. The molecule has 0 radical (unpaired) electrons. The summed E-state index contributed by atoms with van der Waals surface area (Å²) in [5.74, 6) is 0.494. The van der Waals surface area contributed by atoms with Crippen molar-refractivity contribution in [1.82, 2.24) is 0 Å². The van der Waals surface area contributed by atoms with Crippen LogP contribution in [-0.4, -0.2) is 16.9 Å². The fraction of sp³-hybridized carbons (Fsp3) is 0.750. The van der Waals surface area contributed by atoms with Crippen molar-refractivity contribution in [3.05, 3.63) is 12.2 Å². The van der Waals surface area contributed by atoms with Crippen LogP contribution in [-0.2, 0) is 9.59 Å². The van der Waals surface area contributed by atoms with Crippen LogP contribution in [0.3, 0.4) is 0 Å². The Bertz CT molecular complexity index is 320. The third-order valence-corrected chi connectivity index (χ3v) is 3.99. The van der Waals surface area contributed by atoms with Gasteiger partial charge in [-0.3, -0.25) is 9.59 Å². The second-order valence-corrected chi connectivity index (χ2v) is 5.51. The molecule has 0 aromatic carbocycles. The fourth-order valence-electron chi connectivity index (χ4n) is 2.84. The molecule has 19 heavy (non-hydrogen) atoms. The number of rotatable bonds is 9. The van der Waals surface area contributed by atoms with Crippen molar-refractivity contribution in [3.63, 3.8) is 0 Å². The summed E-state index contributed by atoms with van der Waals surface area (Å²) in [7, 11) is 0. The minimum absolute atomic E-state index is 0.224. The van der Waals surface area contributed by atoms with Gasteiger partial charge in [-0.15, -0.1) is 0 Å². The molecule has 0 amide bonds. The van der Waals surface area contributed by atoms with Crippen molar-refractivity contribution >= 4 is 11.8 Å². The number of carbonyl (C=O) groups excluding carboxylic acids is 1. The van der Waals surface area contributed by atoms with E-state index in [-0.39, 0.29) is 12.3 Å². The first kappa shape index (κ1) is 15.9. The van der Waals surface area contributed by atoms with E-state index < -0.39 is 5.97 Å². The van der Waals surface area contributed by atoms with Crippen molar-refractivity contribution in [3.8, 4) is 0 Å². The number of hydrogen-bond donors (Lipinski definition) is 1. The Morgan fingerprint density at radius 2 is 2.16 bits per heavy atom. The SMILES string of the molecule is CCCC[C@H]1CCC(=O)[C@@H]1CC=CCCCC(=O)O. The summed E-state index contributed by atoms with van der Waals surface area (Å²) in [6.45, 7) is 2.19. The molecule has 0 unspecified atom stereocenters. The highest BCUT2D eigenvalue weighted by Gasteiger charge is 2.32. The van der Waals surface area contributed by atoms with E-state index in [1.807, 2.05) is 6.08 Å². The van der Waals surface area contributed by atoms with Crippen LogP contribution < -0.4 is 0 Å². The van der Waals surface area contributed by atoms with Crippen LogP contribution in [0.5, 0.6) is 0 Å². The molecule has 1 fully saturated rings. The molecular formula is C16H26O3. The Morgan fingerprint density at radius 1 is 1.37 bits per heavy atom. The van der Waals surface area contributed by atoms with E-state index in [1.165, 1.54) is 19.3 Å². The van der Waals surface area contributed by atoms with E-state index in [2.05, 4.69) is 13.0 Å². The molecule has 0 aromatic heterocycles. The summed E-state index contributed by atoms with van der Waals surface area (Å²) in [5, 5.41) is 8.53. The van der Waals surface area contributed by atoms with Gasteiger partial charge in [0, 0.05) is 18.8 Å². The number of aliphatic carboxylic acids is 1. The Labute approximate surface area is 116 Å². The molecule has 3 nitrogen and oxygen atoms in total. The number of unbranched alkanes of at least 4 members (excludes halogenated alkanes) is 2. The lowest BCUT2D eigenvalue weighted by Gasteiger charge is -2.16. The molecule has 1 aliphatic rings. The zero-order valence-electron chi connectivity index (χ0n) is 11.9. The minimum atomic E-state index is -0.737. The number of Topliss-reactive ketones (excluding diaryl/α,β-unsaturated/α-hetero) is 1. The first-order valence-corrected chi connectivity index (χ1v) is 7.54. The smallest absolute Gasteiger partial charge is 0.303 e. The van der Waals surface area contributed by atoms with E-state index in [9.17, 15) is 9.59 Å². The van der Waals surface area contributed by atoms with Crippen molar-refractivity contribution in [2.75, 3.05) is 0 Å². The summed E-state index contributed by atoms with van der Waals surface area (Å²) in [6, 6.07) is 0. The van der Waals surface area contributed by atoms with Crippen LogP contribution in [0.1, 0.15) is 64.7 Å². The van der Waals surface area contributed by atoms with Gasteiger partial charge in [-0.05, 0) is 38.0 Å². The molecule has 1 N–H and O–H groups in total. The van der Waals surface area contributed by atoms with Gasteiger partial charge >= 0.3 is 5.97 Å². The van der Waals surface area contributed by atoms with E-state index in [4.69, 9.17) is 5.11 Å². The van der Waals surface area contributed by atoms with Gasteiger partial charge in [0.25, 0.3) is 0 Å². The number of carboxylic acid groups (broad SMARTS) is 1. The topological polar surface area (TPSA) is 54.4 Å². The maximum absolute atomic E-state index is 11.8. The molecule has 0 bridgehead atoms. The molecule has 1 rings (SSSR count). The highest BCUT2D eigenvalue weighted by atomic mass is 16.4. The zero-order chi connectivity index (χ0) is 14.1. The summed E-state index contributed by atoms with van der Waals surface area (Å²) in [4.78, 5) is 22.2. The molecular weight excluding hydrogens is 240 g/mol. The van der Waals surface area contributed by atoms with E-state index in [0.717, 1.165) is 25.7 Å². The number of allylic oxidation sites excluding steroid dienone is 2. The summed E-state index contributed by atoms with van der Waals surface area (Å²) >= 11 is 0. The van der Waals surface area contributed by atoms with Gasteiger partial charge in [-0.25, -0.2) is 0 Å². The normalized spacial score (nSPS) is 23.3. The lowest BCUT2D eigenvalue weighted by atomic mass is 9.88. The average molecular weight is 266 g/mol. The maximum atomic E-state index is 11.8. The molecule has 0 aromatic rings. The standard InChI is InChI=1S/C16H26O3/c1-2-3-8-13-11-12-15(17)14(13)9-6-4-5-7-10-16(18)19/h4,6,13-14H,2-3,5,7-12H2,1H3,(H,18,19)/t13-,14+/m0/s1. The van der Waals surface area contributed by atoms with Gasteiger partial charge in [-0.2, -0.15) is 0 Å². The number of carbonyl (C=O) groups is 2. The molecule has 108 valence electrons. The first-order chi connectivity index (χ1) is 9.15. The summed E-state index contributed by atoms with van der Waals surface area (Å²) in [6.07, 6.45) is 12.1. The quantitative estimate of drug-likeness (QED) is 0.507.